The average Bonchev–Trinajstić information content (AvgIpc) is 3.44. The van der Waals surface area contributed by atoms with Crippen LogP contribution >= 0.6 is 11.8 Å². The van der Waals surface area contributed by atoms with Crippen LogP contribution in [-0.2, 0) is 17.9 Å². The number of carbonyl (C=O) groups excluding carboxylic acids is 1. The molecule has 8 heteroatoms. The first-order valence-electron chi connectivity index (χ1n) is 9.74. The van der Waals surface area contributed by atoms with Crippen molar-refractivity contribution in [3.8, 4) is 0 Å². The van der Waals surface area contributed by atoms with Gasteiger partial charge in [-0.05, 0) is 53.8 Å². The second-order valence-electron chi connectivity index (χ2n) is 6.89. The lowest BCUT2D eigenvalue weighted by Crippen LogP contribution is -2.32. The van der Waals surface area contributed by atoms with Gasteiger partial charge in [0.2, 0.25) is 11.1 Å². The van der Waals surface area contributed by atoms with E-state index in [1.165, 1.54) is 18.2 Å². The normalized spacial score (nSPS) is 13.9. The molecule has 3 aromatic rings. The van der Waals surface area contributed by atoms with Gasteiger partial charge >= 0.3 is 0 Å². The van der Waals surface area contributed by atoms with Gasteiger partial charge in [0, 0.05) is 5.70 Å². The number of tetrazole rings is 1. The zero-order chi connectivity index (χ0) is 19.9. The second kappa shape index (κ2) is 9.56. The van der Waals surface area contributed by atoms with Crippen molar-refractivity contribution >= 4 is 17.7 Å². The fourth-order valence-corrected chi connectivity index (χ4v) is 4.09. The zero-order valence-electron chi connectivity index (χ0n) is 16.1. The summed E-state index contributed by atoms with van der Waals surface area (Å²) >= 11 is 1.36. The van der Waals surface area contributed by atoms with Crippen LogP contribution in [0.15, 0.2) is 70.1 Å². The highest BCUT2D eigenvalue weighted by Gasteiger charge is 2.22. The van der Waals surface area contributed by atoms with Gasteiger partial charge in [-0.25, -0.2) is 4.68 Å². The van der Waals surface area contributed by atoms with E-state index in [9.17, 15) is 4.79 Å². The molecule has 29 heavy (non-hydrogen) atoms. The molecule has 1 aromatic carbocycles. The molecular weight excluding hydrogens is 386 g/mol. The number of hydrogen-bond donors (Lipinski definition) is 0. The molecule has 0 aliphatic heterocycles. The molecule has 0 saturated heterocycles. The van der Waals surface area contributed by atoms with Gasteiger partial charge in [0.25, 0.3) is 0 Å². The molecule has 7 nitrogen and oxygen atoms in total. The first kappa shape index (κ1) is 19.4. The number of nitrogens with zero attached hydrogens (tertiary/aromatic N) is 5. The number of allylic oxidation sites excluding steroid dienone is 2. The van der Waals surface area contributed by atoms with Crippen molar-refractivity contribution in [2.75, 3.05) is 5.75 Å². The number of carbonyl (C=O) groups is 1. The van der Waals surface area contributed by atoms with Gasteiger partial charge in [-0.3, -0.25) is 4.79 Å². The van der Waals surface area contributed by atoms with Crippen molar-refractivity contribution in [1.29, 1.82) is 0 Å². The van der Waals surface area contributed by atoms with E-state index in [0.717, 1.165) is 36.3 Å². The topological polar surface area (TPSA) is 77.1 Å². The lowest BCUT2D eigenvalue weighted by atomic mass is 10.0. The highest BCUT2D eigenvalue weighted by atomic mass is 32.2. The third kappa shape index (κ3) is 5.14. The fraction of sp³-hybridized carbons (Fsp3) is 0.333. The monoisotopic (exact) mass is 409 g/mol. The highest BCUT2D eigenvalue weighted by molar-refractivity contribution is 7.99. The van der Waals surface area contributed by atoms with Crippen LogP contribution in [-0.4, -0.2) is 36.8 Å². The van der Waals surface area contributed by atoms with E-state index in [1.54, 1.807) is 10.9 Å². The number of furan rings is 1. The molecule has 0 fully saturated rings. The molecule has 1 aliphatic rings. The Morgan fingerprint density at radius 1 is 1.17 bits per heavy atom. The van der Waals surface area contributed by atoms with Crippen LogP contribution in [0.4, 0.5) is 0 Å². The maximum absolute atomic E-state index is 13.1. The quantitative estimate of drug-likeness (QED) is 0.525. The third-order valence-electron chi connectivity index (χ3n) is 4.81. The van der Waals surface area contributed by atoms with Crippen LogP contribution in [0.5, 0.6) is 0 Å². The van der Waals surface area contributed by atoms with E-state index >= 15 is 0 Å². The Kier molecular flexibility index (Phi) is 6.41. The number of aromatic nitrogens is 4. The molecule has 4 rings (SSSR count). The minimum atomic E-state index is 0.0359. The largest absolute Gasteiger partial charge is 0.467 e. The van der Waals surface area contributed by atoms with Gasteiger partial charge in [0.15, 0.2) is 0 Å². The summed E-state index contributed by atoms with van der Waals surface area (Å²) in [6, 6.07) is 13.8. The van der Waals surface area contributed by atoms with Crippen LogP contribution in [0.25, 0.3) is 0 Å². The van der Waals surface area contributed by atoms with Crippen molar-refractivity contribution in [1.82, 2.24) is 25.1 Å². The van der Waals surface area contributed by atoms with Crippen LogP contribution in [0, 0.1) is 0 Å². The molecule has 1 amide bonds. The first-order chi connectivity index (χ1) is 14.3. The van der Waals surface area contributed by atoms with E-state index in [0.29, 0.717) is 18.2 Å². The van der Waals surface area contributed by atoms with E-state index in [4.69, 9.17) is 4.42 Å². The Hall–Kier alpha value is -2.87. The number of thioether (sulfide) groups is 1. The molecule has 0 atom stereocenters. The molecule has 0 saturated carbocycles. The Bertz CT molecular complexity index is 953. The van der Waals surface area contributed by atoms with Crippen LogP contribution in [0.2, 0.25) is 0 Å². The summed E-state index contributed by atoms with van der Waals surface area (Å²) in [5.74, 6) is 1.09. The lowest BCUT2D eigenvalue weighted by Gasteiger charge is -2.27. The molecule has 0 bridgehead atoms. The van der Waals surface area contributed by atoms with Crippen molar-refractivity contribution in [2.45, 2.75) is 43.9 Å². The Balaban J connectivity index is 1.43. The van der Waals surface area contributed by atoms with Gasteiger partial charge in [0.05, 0.1) is 25.1 Å². The summed E-state index contributed by atoms with van der Waals surface area (Å²) in [4.78, 5) is 14.9. The van der Waals surface area contributed by atoms with Crippen LogP contribution in [0.1, 0.15) is 37.0 Å². The van der Waals surface area contributed by atoms with Gasteiger partial charge in [0.1, 0.15) is 5.76 Å². The number of amides is 1. The third-order valence-corrected chi connectivity index (χ3v) is 5.75. The molecule has 0 spiro atoms. The van der Waals surface area contributed by atoms with Crippen molar-refractivity contribution in [2.24, 2.45) is 0 Å². The van der Waals surface area contributed by atoms with Crippen molar-refractivity contribution in [3.05, 3.63) is 71.8 Å². The van der Waals surface area contributed by atoms with E-state index < -0.39 is 0 Å². The smallest absolute Gasteiger partial charge is 0.237 e. The maximum atomic E-state index is 13.1. The van der Waals surface area contributed by atoms with Crippen molar-refractivity contribution < 1.29 is 9.21 Å². The number of hydrogen-bond acceptors (Lipinski definition) is 6. The summed E-state index contributed by atoms with van der Waals surface area (Å²) in [6.07, 6.45) is 8.03. The number of benzene rings is 1. The average molecular weight is 410 g/mol. The molecule has 150 valence electrons. The zero-order valence-corrected chi connectivity index (χ0v) is 16.9. The summed E-state index contributed by atoms with van der Waals surface area (Å²) in [5, 5.41) is 12.6. The second-order valence-corrected chi connectivity index (χ2v) is 7.84. The highest BCUT2D eigenvalue weighted by Crippen LogP contribution is 2.25. The van der Waals surface area contributed by atoms with Crippen LogP contribution < -0.4 is 0 Å². The maximum Gasteiger partial charge on any atom is 0.237 e. The molecular formula is C21H23N5O2S. The standard InChI is InChI=1S/C21H23N5O2S/c27-20(25(15-19-12-7-13-28-19)18-10-5-2-6-11-18)16-29-21-22-23-24-26(21)14-17-8-3-1-4-9-17/h1,3-4,7-10,12-13H,2,5-6,11,14-16H2. The van der Waals surface area contributed by atoms with E-state index in [-0.39, 0.29) is 11.7 Å². The van der Waals surface area contributed by atoms with E-state index in [1.807, 2.05) is 47.4 Å². The summed E-state index contributed by atoms with van der Waals surface area (Å²) in [7, 11) is 0. The molecule has 1 aliphatic carbocycles. The molecule has 2 heterocycles. The fourth-order valence-electron chi connectivity index (χ4n) is 3.33. The van der Waals surface area contributed by atoms with Crippen LogP contribution in [0.3, 0.4) is 0 Å². The SMILES string of the molecule is O=C(CSc1nnnn1Cc1ccccc1)N(Cc1ccco1)C1=CCCCC1. The Morgan fingerprint density at radius 2 is 2.07 bits per heavy atom. The molecule has 2 aromatic heterocycles. The number of rotatable bonds is 8. The Morgan fingerprint density at radius 3 is 2.83 bits per heavy atom. The van der Waals surface area contributed by atoms with Gasteiger partial charge in [-0.15, -0.1) is 5.10 Å². The summed E-state index contributed by atoms with van der Waals surface area (Å²) in [6.45, 7) is 1.03. The predicted octanol–water partition coefficient (Wildman–Crippen LogP) is 3.89. The Labute approximate surface area is 173 Å². The molecule has 0 N–H and O–H groups in total. The predicted molar refractivity (Wildman–Crippen MR) is 110 cm³/mol. The van der Waals surface area contributed by atoms with Crippen molar-refractivity contribution in [3.63, 3.8) is 0 Å². The van der Waals surface area contributed by atoms with Gasteiger partial charge < -0.3 is 9.32 Å². The molecule has 0 unspecified atom stereocenters. The lowest BCUT2D eigenvalue weighted by molar-refractivity contribution is -0.127. The summed E-state index contributed by atoms with van der Waals surface area (Å²) in [5.41, 5.74) is 2.20. The first-order valence-corrected chi connectivity index (χ1v) is 10.7. The van der Waals surface area contributed by atoms with E-state index in [2.05, 4.69) is 21.6 Å². The minimum absolute atomic E-state index is 0.0359. The summed E-state index contributed by atoms with van der Waals surface area (Å²) < 4.78 is 7.20. The minimum Gasteiger partial charge on any atom is -0.467 e. The van der Waals surface area contributed by atoms with Gasteiger partial charge in [-0.2, -0.15) is 0 Å². The van der Waals surface area contributed by atoms with Gasteiger partial charge in [-0.1, -0.05) is 48.2 Å². The molecule has 0 radical (unpaired) electrons.